The molecular weight excluding hydrogens is 294 g/mol. The Bertz CT molecular complexity index is 495. The number of morpholine rings is 1. The van der Waals surface area contributed by atoms with Gasteiger partial charge >= 0.3 is 0 Å². The summed E-state index contributed by atoms with van der Waals surface area (Å²) in [4.78, 5) is 26.5. The molecule has 0 aromatic carbocycles. The van der Waals surface area contributed by atoms with Crippen molar-refractivity contribution in [2.24, 2.45) is 5.84 Å². The third kappa shape index (κ3) is 4.16. The van der Waals surface area contributed by atoms with E-state index in [2.05, 4.69) is 25.7 Å². The van der Waals surface area contributed by atoms with Gasteiger partial charge in [-0.3, -0.25) is 10.2 Å². The molecule has 1 fully saturated rings. The van der Waals surface area contributed by atoms with E-state index in [-0.39, 0.29) is 11.2 Å². The van der Waals surface area contributed by atoms with Gasteiger partial charge in [0.2, 0.25) is 17.8 Å². The minimum atomic E-state index is -0.389. The first kappa shape index (κ1) is 15.7. The number of amides is 1. The zero-order valence-corrected chi connectivity index (χ0v) is 12.8. The molecule has 0 spiro atoms. The van der Waals surface area contributed by atoms with Gasteiger partial charge in [0.05, 0.1) is 18.5 Å². The minimum absolute atomic E-state index is 0.278. The van der Waals surface area contributed by atoms with Crippen molar-refractivity contribution >= 4 is 29.6 Å². The number of hydrogen-bond donors (Lipinski definition) is 3. The molecule has 21 heavy (non-hydrogen) atoms. The van der Waals surface area contributed by atoms with Crippen LogP contribution in [0.2, 0.25) is 0 Å². The lowest BCUT2D eigenvalue weighted by atomic mass is 10.4. The van der Waals surface area contributed by atoms with Gasteiger partial charge in [-0.1, -0.05) is 11.8 Å². The Morgan fingerprint density at radius 1 is 1.38 bits per heavy atom. The minimum Gasteiger partial charge on any atom is -0.378 e. The SMILES string of the molecule is CNc1nc(S[C@@H](C)C(=O)NN)nc(N2CCOCC2)n1. The Morgan fingerprint density at radius 3 is 2.71 bits per heavy atom. The van der Waals surface area contributed by atoms with Gasteiger partial charge in [0.25, 0.3) is 0 Å². The van der Waals surface area contributed by atoms with Gasteiger partial charge in [-0.15, -0.1) is 0 Å². The van der Waals surface area contributed by atoms with Gasteiger partial charge < -0.3 is 15.0 Å². The van der Waals surface area contributed by atoms with Gasteiger partial charge in [-0.2, -0.15) is 15.0 Å². The molecule has 1 aromatic rings. The molecule has 10 heteroatoms. The molecule has 0 saturated carbocycles. The predicted molar refractivity (Wildman–Crippen MR) is 80.1 cm³/mol. The number of nitrogens with two attached hydrogens (primary N) is 1. The molecule has 0 radical (unpaired) electrons. The van der Waals surface area contributed by atoms with E-state index in [9.17, 15) is 4.79 Å². The van der Waals surface area contributed by atoms with Gasteiger partial charge in [-0.25, -0.2) is 5.84 Å². The van der Waals surface area contributed by atoms with Crippen LogP contribution in [0, 0.1) is 0 Å². The molecule has 1 saturated heterocycles. The number of anilines is 2. The van der Waals surface area contributed by atoms with Crippen LogP contribution in [-0.2, 0) is 9.53 Å². The number of hydrogen-bond acceptors (Lipinski definition) is 9. The topological polar surface area (TPSA) is 118 Å². The van der Waals surface area contributed by atoms with Crippen LogP contribution in [0.3, 0.4) is 0 Å². The number of rotatable bonds is 5. The molecule has 9 nitrogen and oxygen atoms in total. The molecule has 0 unspecified atom stereocenters. The maximum Gasteiger partial charge on any atom is 0.247 e. The summed E-state index contributed by atoms with van der Waals surface area (Å²) >= 11 is 1.23. The summed E-state index contributed by atoms with van der Waals surface area (Å²) in [5.41, 5.74) is 2.12. The zero-order chi connectivity index (χ0) is 15.2. The molecule has 2 heterocycles. The molecular formula is C11H19N7O2S. The number of nitrogens with zero attached hydrogens (tertiary/aromatic N) is 4. The fourth-order valence-corrected chi connectivity index (χ4v) is 2.51. The summed E-state index contributed by atoms with van der Waals surface area (Å²) in [6.45, 7) is 4.50. The summed E-state index contributed by atoms with van der Waals surface area (Å²) in [5.74, 6) is 5.90. The van der Waals surface area contributed by atoms with Gasteiger partial charge in [0.15, 0.2) is 5.16 Å². The highest BCUT2D eigenvalue weighted by atomic mass is 32.2. The second-order valence-electron chi connectivity index (χ2n) is 4.36. The summed E-state index contributed by atoms with van der Waals surface area (Å²) in [5, 5.41) is 2.99. The lowest BCUT2D eigenvalue weighted by Crippen LogP contribution is -2.38. The van der Waals surface area contributed by atoms with Crippen molar-refractivity contribution in [3.8, 4) is 0 Å². The fourth-order valence-electron chi connectivity index (χ4n) is 1.74. The number of carbonyl (C=O) groups excluding carboxylic acids is 1. The van der Waals surface area contributed by atoms with E-state index in [0.717, 1.165) is 13.1 Å². The fraction of sp³-hybridized carbons (Fsp3) is 0.636. The van der Waals surface area contributed by atoms with Crippen LogP contribution in [0.5, 0.6) is 0 Å². The highest BCUT2D eigenvalue weighted by Gasteiger charge is 2.19. The summed E-state index contributed by atoms with van der Waals surface area (Å²) in [6.07, 6.45) is 0. The molecule has 1 atom stereocenters. The molecule has 2 rings (SSSR count). The summed E-state index contributed by atoms with van der Waals surface area (Å²) in [6, 6.07) is 0. The van der Waals surface area contributed by atoms with E-state index in [1.165, 1.54) is 11.8 Å². The molecule has 0 bridgehead atoms. The first-order valence-corrected chi connectivity index (χ1v) is 7.45. The molecule has 1 amide bonds. The molecule has 1 aromatic heterocycles. The van der Waals surface area contributed by atoms with E-state index in [4.69, 9.17) is 10.6 Å². The van der Waals surface area contributed by atoms with Gasteiger partial charge in [-0.05, 0) is 6.92 Å². The molecule has 116 valence electrons. The number of carbonyl (C=O) groups is 1. The normalized spacial score (nSPS) is 16.4. The van der Waals surface area contributed by atoms with Crippen LogP contribution in [0.4, 0.5) is 11.9 Å². The van der Waals surface area contributed by atoms with E-state index in [1.54, 1.807) is 14.0 Å². The van der Waals surface area contributed by atoms with Crippen molar-refractivity contribution in [3.63, 3.8) is 0 Å². The maximum absolute atomic E-state index is 11.5. The van der Waals surface area contributed by atoms with Crippen LogP contribution in [0.1, 0.15) is 6.92 Å². The first-order valence-electron chi connectivity index (χ1n) is 6.57. The highest BCUT2D eigenvalue weighted by molar-refractivity contribution is 8.00. The first-order chi connectivity index (χ1) is 10.1. The van der Waals surface area contributed by atoms with Crippen LogP contribution >= 0.6 is 11.8 Å². The van der Waals surface area contributed by atoms with Crippen molar-refractivity contribution in [2.45, 2.75) is 17.3 Å². The monoisotopic (exact) mass is 313 g/mol. The van der Waals surface area contributed by atoms with Gasteiger partial charge in [0.1, 0.15) is 0 Å². The van der Waals surface area contributed by atoms with Crippen molar-refractivity contribution in [2.75, 3.05) is 43.6 Å². The predicted octanol–water partition coefficient (Wildman–Crippen LogP) is -0.780. The molecule has 4 N–H and O–H groups in total. The summed E-state index contributed by atoms with van der Waals surface area (Å²) < 4.78 is 5.32. The third-order valence-corrected chi connectivity index (χ3v) is 3.88. The quantitative estimate of drug-likeness (QED) is 0.278. The van der Waals surface area contributed by atoms with E-state index in [1.807, 2.05) is 4.90 Å². The van der Waals surface area contributed by atoms with Crippen LogP contribution < -0.4 is 21.5 Å². The zero-order valence-electron chi connectivity index (χ0n) is 12.0. The Balaban J connectivity index is 2.18. The Hall–Kier alpha value is -1.65. The highest BCUT2D eigenvalue weighted by Crippen LogP contribution is 2.23. The lowest BCUT2D eigenvalue weighted by molar-refractivity contribution is -0.120. The van der Waals surface area contributed by atoms with Crippen LogP contribution in [-0.4, -0.2) is 59.5 Å². The summed E-state index contributed by atoms with van der Waals surface area (Å²) in [7, 11) is 1.74. The standard InChI is InChI=1S/C11H19N7O2S/c1-7(8(19)17-12)21-11-15-9(13-2)14-10(16-11)18-3-5-20-6-4-18/h7H,3-6,12H2,1-2H3,(H,17,19)(H,13,14,15,16)/t7-/m0/s1. The average molecular weight is 313 g/mol. The number of thioether (sulfide) groups is 1. The average Bonchev–Trinajstić information content (AvgIpc) is 2.54. The number of ether oxygens (including phenoxy) is 1. The third-order valence-electron chi connectivity index (χ3n) is 2.91. The van der Waals surface area contributed by atoms with Gasteiger partial charge in [0, 0.05) is 20.1 Å². The smallest absolute Gasteiger partial charge is 0.247 e. The Morgan fingerprint density at radius 2 is 2.10 bits per heavy atom. The van der Waals surface area contributed by atoms with Crippen molar-refractivity contribution in [3.05, 3.63) is 0 Å². The molecule has 0 aliphatic carbocycles. The number of hydrazine groups is 1. The van der Waals surface area contributed by atoms with Crippen LogP contribution in [0.25, 0.3) is 0 Å². The second kappa shape index (κ2) is 7.38. The maximum atomic E-state index is 11.5. The number of aromatic nitrogens is 3. The molecule has 1 aliphatic heterocycles. The van der Waals surface area contributed by atoms with Crippen molar-refractivity contribution in [1.82, 2.24) is 20.4 Å². The van der Waals surface area contributed by atoms with E-state index >= 15 is 0 Å². The Labute approximate surface area is 127 Å². The van der Waals surface area contributed by atoms with Crippen LogP contribution in [0.15, 0.2) is 5.16 Å². The van der Waals surface area contributed by atoms with Crippen molar-refractivity contribution in [1.29, 1.82) is 0 Å². The molecule has 1 aliphatic rings. The van der Waals surface area contributed by atoms with Crippen molar-refractivity contribution < 1.29 is 9.53 Å². The second-order valence-corrected chi connectivity index (χ2v) is 5.67. The lowest BCUT2D eigenvalue weighted by Gasteiger charge is -2.27. The number of nitrogens with one attached hydrogen (secondary N) is 2. The Kier molecular flexibility index (Phi) is 5.53. The largest absolute Gasteiger partial charge is 0.378 e. The van der Waals surface area contributed by atoms with E-state index in [0.29, 0.717) is 30.3 Å². The van der Waals surface area contributed by atoms with E-state index < -0.39 is 0 Å².